The summed E-state index contributed by atoms with van der Waals surface area (Å²) in [4.78, 5) is 22.8. The summed E-state index contributed by atoms with van der Waals surface area (Å²) < 4.78 is 5.30. The van der Waals surface area contributed by atoms with Gasteiger partial charge in [0.2, 0.25) is 0 Å². The molecule has 0 spiro atoms. The van der Waals surface area contributed by atoms with E-state index in [1.807, 2.05) is 43.3 Å². The molecular formula is C22H26N4O2S. The maximum atomic E-state index is 13.2. The van der Waals surface area contributed by atoms with Crippen LogP contribution in [0.15, 0.2) is 34.4 Å². The molecule has 6 nitrogen and oxygen atoms in total. The molecule has 0 saturated heterocycles. The van der Waals surface area contributed by atoms with Crippen LogP contribution in [-0.2, 0) is 19.5 Å². The lowest BCUT2D eigenvalue weighted by Gasteiger charge is -2.29. The van der Waals surface area contributed by atoms with Crippen molar-refractivity contribution in [2.24, 2.45) is 0 Å². The van der Waals surface area contributed by atoms with Crippen LogP contribution in [-0.4, -0.2) is 39.4 Å². The number of aromatic nitrogens is 2. The van der Waals surface area contributed by atoms with Gasteiger partial charge in [-0.05, 0) is 50.5 Å². The fourth-order valence-electron chi connectivity index (χ4n) is 3.88. The summed E-state index contributed by atoms with van der Waals surface area (Å²) >= 11 is 1.69. The standard InChI is InChI=1S/C22H26N4O2S/c1-14-19(16(3)28-24-14)11-26-10-7-18-20(13-29-21(18)12-26)22(27)25(4)15(2)17-5-8-23-9-6-17/h5-6,8-9,13,15H,7,10-12H2,1-4H3/t15-/m0/s1. The molecule has 1 aliphatic heterocycles. The van der Waals surface area contributed by atoms with Crippen molar-refractivity contribution in [3.05, 3.63) is 68.5 Å². The molecule has 3 aromatic rings. The smallest absolute Gasteiger partial charge is 0.255 e. The van der Waals surface area contributed by atoms with Crippen molar-refractivity contribution in [2.75, 3.05) is 13.6 Å². The van der Waals surface area contributed by atoms with Crippen LogP contribution in [0.1, 0.15) is 56.3 Å². The van der Waals surface area contributed by atoms with Gasteiger partial charge in [-0.25, -0.2) is 0 Å². The summed E-state index contributed by atoms with van der Waals surface area (Å²) in [6.07, 6.45) is 4.43. The van der Waals surface area contributed by atoms with Crippen LogP contribution in [0.4, 0.5) is 0 Å². The molecule has 1 amide bonds. The Morgan fingerprint density at radius 2 is 2.10 bits per heavy atom. The molecular weight excluding hydrogens is 384 g/mol. The quantitative estimate of drug-likeness (QED) is 0.633. The van der Waals surface area contributed by atoms with Gasteiger partial charge in [-0.1, -0.05) is 5.16 Å². The van der Waals surface area contributed by atoms with Crippen LogP contribution in [0.3, 0.4) is 0 Å². The van der Waals surface area contributed by atoms with E-state index < -0.39 is 0 Å². The molecule has 0 saturated carbocycles. The van der Waals surface area contributed by atoms with Gasteiger partial charge in [0.15, 0.2) is 0 Å². The Labute approximate surface area is 175 Å². The van der Waals surface area contributed by atoms with E-state index in [0.29, 0.717) is 0 Å². The van der Waals surface area contributed by atoms with E-state index in [-0.39, 0.29) is 11.9 Å². The minimum Gasteiger partial charge on any atom is -0.361 e. The molecule has 1 aliphatic rings. The first-order chi connectivity index (χ1) is 14.0. The zero-order chi connectivity index (χ0) is 20.5. The number of carbonyl (C=O) groups is 1. The molecule has 4 rings (SSSR count). The third-order valence-electron chi connectivity index (χ3n) is 5.91. The number of amides is 1. The Balaban J connectivity index is 1.48. The van der Waals surface area contributed by atoms with Gasteiger partial charge in [0.25, 0.3) is 5.91 Å². The number of hydrogen-bond acceptors (Lipinski definition) is 6. The molecule has 0 N–H and O–H groups in total. The molecule has 3 aromatic heterocycles. The number of fused-ring (bicyclic) bond motifs is 1. The first-order valence-corrected chi connectivity index (χ1v) is 10.7. The van der Waals surface area contributed by atoms with Crippen molar-refractivity contribution in [3.8, 4) is 0 Å². The predicted octanol–water partition coefficient (Wildman–Crippen LogP) is 4.14. The van der Waals surface area contributed by atoms with E-state index in [1.165, 1.54) is 16.0 Å². The zero-order valence-electron chi connectivity index (χ0n) is 17.3. The van der Waals surface area contributed by atoms with Gasteiger partial charge in [-0.15, -0.1) is 11.3 Å². The highest BCUT2D eigenvalue weighted by atomic mass is 32.1. The Morgan fingerprint density at radius 3 is 2.79 bits per heavy atom. The molecule has 7 heteroatoms. The SMILES string of the molecule is Cc1noc(C)c1CN1CCc2c(C(=O)N(C)[C@@H](C)c3ccncc3)csc2C1. The fourth-order valence-corrected chi connectivity index (χ4v) is 4.99. The summed E-state index contributed by atoms with van der Waals surface area (Å²) in [6, 6.07) is 3.93. The summed E-state index contributed by atoms with van der Waals surface area (Å²) in [5, 5.41) is 6.09. The average Bonchev–Trinajstić information content (AvgIpc) is 3.30. The van der Waals surface area contributed by atoms with E-state index in [9.17, 15) is 4.79 Å². The Kier molecular flexibility index (Phi) is 5.52. The number of carbonyl (C=O) groups excluding carboxylic acids is 1. The van der Waals surface area contributed by atoms with Gasteiger partial charge in [-0.2, -0.15) is 0 Å². The van der Waals surface area contributed by atoms with Crippen molar-refractivity contribution in [3.63, 3.8) is 0 Å². The van der Waals surface area contributed by atoms with Crippen molar-refractivity contribution >= 4 is 17.2 Å². The molecule has 0 unspecified atom stereocenters. The van der Waals surface area contributed by atoms with Crippen LogP contribution >= 0.6 is 11.3 Å². The van der Waals surface area contributed by atoms with Crippen molar-refractivity contribution in [1.29, 1.82) is 0 Å². The van der Waals surface area contributed by atoms with Crippen LogP contribution in [0.25, 0.3) is 0 Å². The topological polar surface area (TPSA) is 62.5 Å². The normalized spacial score (nSPS) is 15.2. The highest BCUT2D eigenvalue weighted by Gasteiger charge is 2.28. The lowest BCUT2D eigenvalue weighted by Crippen LogP contribution is -2.33. The lowest BCUT2D eigenvalue weighted by atomic mass is 10.0. The third kappa shape index (κ3) is 3.84. The molecule has 4 heterocycles. The van der Waals surface area contributed by atoms with E-state index in [4.69, 9.17) is 4.52 Å². The second-order valence-electron chi connectivity index (χ2n) is 7.69. The molecule has 29 heavy (non-hydrogen) atoms. The van der Waals surface area contributed by atoms with Gasteiger partial charge in [-0.3, -0.25) is 14.7 Å². The average molecular weight is 411 g/mol. The summed E-state index contributed by atoms with van der Waals surface area (Å²) in [6.45, 7) is 8.63. The van der Waals surface area contributed by atoms with Gasteiger partial charge in [0.05, 0.1) is 17.3 Å². The van der Waals surface area contributed by atoms with Crippen molar-refractivity contribution in [1.82, 2.24) is 19.9 Å². The van der Waals surface area contributed by atoms with Gasteiger partial charge < -0.3 is 9.42 Å². The second-order valence-corrected chi connectivity index (χ2v) is 8.65. The molecule has 0 aliphatic carbocycles. The van der Waals surface area contributed by atoms with Crippen LogP contribution < -0.4 is 0 Å². The minimum absolute atomic E-state index is 0.000630. The highest BCUT2D eigenvalue weighted by molar-refractivity contribution is 7.10. The van der Waals surface area contributed by atoms with Crippen molar-refractivity contribution in [2.45, 2.75) is 46.3 Å². The molecule has 0 radical (unpaired) electrons. The number of rotatable bonds is 5. The van der Waals surface area contributed by atoms with E-state index in [1.54, 1.807) is 23.7 Å². The molecule has 0 aromatic carbocycles. The molecule has 1 atom stereocenters. The number of nitrogens with zero attached hydrogens (tertiary/aromatic N) is 4. The number of pyridine rings is 1. The Morgan fingerprint density at radius 1 is 1.34 bits per heavy atom. The third-order valence-corrected chi connectivity index (χ3v) is 6.92. The van der Waals surface area contributed by atoms with E-state index >= 15 is 0 Å². The second kappa shape index (κ2) is 8.08. The largest absolute Gasteiger partial charge is 0.361 e. The molecule has 0 bridgehead atoms. The predicted molar refractivity (Wildman–Crippen MR) is 113 cm³/mol. The van der Waals surface area contributed by atoms with Crippen LogP contribution in [0.5, 0.6) is 0 Å². The van der Waals surface area contributed by atoms with Crippen LogP contribution in [0, 0.1) is 13.8 Å². The lowest BCUT2D eigenvalue weighted by molar-refractivity contribution is 0.0741. The number of aryl methyl sites for hydroxylation is 2. The highest BCUT2D eigenvalue weighted by Crippen LogP contribution is 2.32. The van der Waals surface area contributed by atoms with Crippen molar-refractivity contribution < 1.29 is 9.32 Å². The minimum atomic E-state index is 0.000630. The van der Waals surface area contributed by atoms with E-state index in [2.05, 4.69) is 22.0 Å². The summed E-state index contributed by atoms with van der Waals surface area (Å²) in [7, 11) is 1.88. The number of hydrogen-bond donors (Lipinski definition) is 0. The van der Waals surface area contributed by atoms with Gasteiger partial charge in [0.1, 0.15) is 5.76 Å². The maximum Gasteiger partial charge on any atom is 0.255 e. The monoisotopic (exact) mass is 410 g/mol. The Bertz CT molecular complexity index is 992. The van der Waals surface area contributed by atoms with Gasteiger partial charge >= 0.3 is 0 Å². The van der Waals surface area contributed by atoms with Crippen LogP contribution in [0.2, 0.25) is 0 Å². The molecule has 0 fully saturated rings. The molecule has 152 valence electrons. The van der Waals surface area contributed by atoms with E-state index in [0.717, 1.165) is 48.6 Å². The van der Waals surface area contributed by atoms with Gasteiger partial charge in [0, 0.05) is 54.9 Å². The summed E-state index contributed by atoms with van der Waals surface area (Å²) in [5.74, 6) is 0.980. The number of thiophene rings is 1. The zero-order valence-corrected chi connectivity index (χ0v) is 18.1. The maximum absolute atomic E-state index is 13.2. The first kappa shape index (κ1) is 19.8. The summed E-state index contributed by atoms with van der Waals surface area (Å²) in [5.41, 5.74) is 5.29. The fraction of sp³-hybridized carbons (Fsp3) is 0.409. The first-order valence-electron chi connectivity index (χ1n) is 9.86. The Hall–Kier alpha value is -2.51.